The molecule has 3 heterocycles. The summed E-state index contributed by atoms with van der Waals surface area (Å²) in [6, 6.07) is 13.4. The van der Waals surface area contributed by atoms with Gasteiger partial charge < -0.3 is 5.32 Å². The minimum atomic E-state index is -0.0888. The van der Waals surface area contributed by atoms with E-state index in [4.69, 9.17) is 0 Å². The summed E-state index contributed by atoms with van der Waals surface area (Å²) in [5.74, 6) is 0.715. The Morgan fingerprint density at radius 1 is 1.04 bits per heavy atom. The number of benzene rings is 1. The second-order valence-electron chi connectivity index (χ2n) is 6.56. The Bertz CT molecular complexity index is 1190. The highest BCUT2D eigenvalue weighted by atomic mass is 16.2. The summed E-state index contributed by atoms with van der Waals surface area (Å²) < 4.78 is 5.30. The molecule has 0 aliphatic carbocycles. The van der Waals surface area contributed by atoms with Crippen molar-refractivity contribution in [2.24, 2.45) is 0 Å². The van der Waals surface area contributed by atoms with Gasteiger partial charge in [-0.15, -0.1) is 10.2 Å². The predicted octanol–water partition coefficient (Wildman–Crippen LogP) is 1.61. The summed E-state index contributed by atoms with van der Waals surface area (Å²) in [5, 5.41) is 11.2. The maximum absolute atomic E-state index is 12.6. The average molecular weight is 378 g/mol. The van der Waals surface area contributed by atoms with E-state index in [9.17, 15) is 9.59 Å². The standard InChI is InChI=1S/C20H22N6O2/c1-2-24-15-7-3-4-8-16(15)25(20(24)28)14-11-19(27)21-12-10-18-23-22-17-9-5-6-13-26(17)18/h3-9,13H,2,10-12,14H2,1H3,(H,21,27). The van der Waals surface area contributed by atoms with Crippen molar-refractivity contribution in [3.05, 3.63) is 65.0 Å². The second kappa shape index (κ2) is 7.67. The lowest BCUT2D eigenvalue weighted by molar-refractivity contribution is -0.121. The summed E-state index contributed by atoms with van der Waals surface area (Å²) >= 11 is 0. The molecule has 0 bridgehead atoms. The van der Waals surface area contributed by atoms with Gasteiger partial charge in [0.1, 0.15) is 5.82 Å². The number of aryl methyl sites for hydroxylation is 2. The fourth-order valence-corrected chi connectivity index (χ4v) is 3.47. The van der Waals surface area contributed by atoms with Gasteiger partial charge in [0, 0.05) is 38.7 Å². The highest BCUT2D eigenvalue weighted by Gasteiger charge is 2.13. The third-order valence-electron chi connectivity index (χ3n) is 4.86. The number of nitrogens with zero attached hydrogens (tertiary/aromatic N) is 5. The van der Waals surface area contributed by atoms with Gasteiger partial charge in [0.25, 0.3) is 0 Å². The Balaban J connectivity index is 1.37. The van der Waals surface area contributed by atoms with Crippen molar-refractivity contribution in [2.75, 3.05) is 6.54 Å². The lowest BCUT2D eigenvalue weighted by Gasteiger charge is -2.06. The molecule has 0 atom stereocenters. The molecule has 0 saturated carbocycles. The molecule has 0 saturated heterocycles. The van der Waals surface area contributed by atoms with Crippen LogP contribution < -0.4 is 11.0 Å². The van der Waals surface area contributed by atoms with E-state index in [0.717, 1.165) is 22.5 Å². The number of imidazole rings is 1. The molecule has 28 heavy (non-hydrogen) atoms. The zero-order valence-electron chi connectivity index (χ0n) is 15.7. The molecule has 0 radical (unpaired) electrons. The van der Waals surface area contributed by atoms with Crippen LogP contribution >= 0.6 is 0 Å². The van der Waals surface area contributed by atoms with Crippen LogP contribution in [0.5, 0.6) is 0 Å². The highest BCUT2D eigenvalue weighted by molar-refractivity contribution is 5.78. The van der Waals surface area contributed by atoms with Gasteiger partial charge >= 0.3 is 5.69 Å². The summed E-state index contributed by atoms with van der Waals surface area (Å²) in [7, 11) is 0. The zero-order valence-corrected chi connectivity index (χ0v) is 15.7. The third kappa shape index (κ3) is 3.28. The van der Waals surface area contributed by atoms with Crippen LogP contribution in [0.15, 0.2) is 53.5 Å². The summed E-state index contributed by atoms with van der Waals surface area (Å²) in [6.45, 7) is 3.37. The van der Waals surface area contributed by atoms with Crippen LogP contribution in [-0.4, -0.2) is 36.2 Å². The molecule has 8 heteroatoms. The van der Waals surface area contributed by atoms with Gasteiger partial charge in [0.2, 0.25) is 5.91 Å². The van der Waals surface area contributed by atoms with E-state index in [1.165, 1.54) is 0 Å². The maximum atomic E-state index is 12.6. The van der Waals surface area contributed by atoms with Crippen molar-refractivity contribution in [2.45, 2.75) is 32.9 Å². The van der Waals surface area contributed by atoms with Crippen LogP contribution in [0, 0.1) is 0 Å². The van der Waals surface area contributed by atoms with Crippen molar-refractivity contribution in [3.63, 3.8) is 0 Å². The van der Waals surface area contributed by atoms with Gasteiger partial charge in [-0.1, -0.05) is 18.2 Å². The molecule has 1 N–H and O–H groups in total. The van der Waals surface area contributed by atoms with Crippen molar-refractivity contribution in [3.8, 4) is 0 Å². The first-order valence-corrected chi connectivity index (χ1v) is 9.42. The predicted molar refractivity (Wildman–Crippen MR) is 106 cm³/mol. The number of carbonyl (C=O) groups excluding carboxylic acids is 1. The largest absolute Gasteiger partial charge is 0.356 e. The SMILES string of the molecule is CCn1c(=O)n(CCC(=O)NCCc2nnc3ccccn23)c2ccccc21. The topological polar surface area (TPSA) is 86.2 Å². The second-order valence-corrected chi connectivity index (χ2v) is 6.56. The number of pyridine rings is 1. The smallest absolute Gasteiger partial charge is 0.329 e. The number of fused-ring (bicyclic) bond motifs is 2. The number of para-hydroxylation sites is 2. The molecule has 4 aromatic rings. The van der Waals surface area contributed by atoms with Gasteiger partial charge in [0.05, 0.1) is 11.0 Å². The zero-order chi connectivity index (χ0) is 19.5. The fourth-order valence-electron chi connectivity index (χ4n) is 3.47. The lowest BCUT2D eigenvalue weighted by Crippen LogP contribution is -2.29. The summed E-state index contributed by atoms with van der Waals surface area (Å²) in [6.07, 6.45) is 2.74. The van der Waals surface area contributed by atoms with E-state index < -0.39 is 0 Å². The first-order chi connectivity index (χ1) is 13.7. The summed E-state index contributed by atoms with van der Waals surface area (Å²) in [5.41, 5.74) is 2.47. The molecule has 1 aromatic carbocycles. The maximum Gasteiger partial charge on any atom is 0.329 e. The van der Waals surface area contributed by atoms with E-state index in [1.54, 1.807) is 9.13 Å². The number of rotatable bonds is 7. The molecule has 0 aliphatic rings. The monoisotopic (exact) mass is 378 g/mol. The van der Waals surface area contributed by atoms with Gasteiger partial charge in [-0.3, -0.25) is 18.3 Å². The van der Waals surface area contributed by atoms with E-state index in [-0.39, 0.29) is 18.0 Å². The Labute approximate surface area is 161 Å². The van der Waals surface area contributed by atoms with E-state index in [2.05, 4.69) is 15.5 Å². The minimum absolute atomic E-state index is 0.0774. The van der Waals surface area contributed by atoms with Crippen LogP contribution in [0.25, 0.3) is 16.7 Å². The Morgan fingerprint density at radius 2 is 1.79 bits per heavy atom. The van der Waals surface area contributed by atoms with Crippen LogP contribution in [-0.2, 0) is 24.3 Å². The first-order valence-electron chi connectivity index (χ1n) is 9.42. The van der Waals surface area contributed by atoms with Crippen LogP contribution in [0.4, 0.5) is 0 Å². The lowest BCUT2D eigenvalue weighted by atomic mass is 10.3. The number of hydrogen-bond acceptors (Lipinski definition) is 4. The highest BCUT2D eigenvalue weighted by Crippen LogP contribution is 2.13. The van der Waals surface area contributed by atoms with Crippen LogP contribution in [0.3, 0.4) is 0 Å². The van der Waals surface area contributed by atoms with Crippen molar-refractivity contribution in [1.82, 2.24) is 29.0 Å². The van der Waals surface area contributed by atoms with Crippen molar-refractivity contribution >= 4 is 22.6 Å². The molecule has 3 aromatic heterocycles. The van der Waals surface area contributed by atoms with E-state index in [0.29, 0.717) is 26.1 Å². The van der Waals surface area contributed by atoms with Crippen molar-refractivity contribution < 1.29 is 4.79 Å². The van der Waals surface area contributed by atoms with Gasteiger partial charge in [-0.2, -0.15) is 0 Å². The molecule has 1 amide bonds. The Kier molecular flexibility index (Phi) is 4.92. The molecule has 144 valence electrons. The van der Waals surface area contributed by atoms with E-state index >= 15 is 0 Å². The van der Waals surface area contributed by atoms with Crippen molar-refractivity contribution in [1.29, 1.82) is 0 Å². The molecule has 0 unspecified atom stereocenters. The molecule has 8 nitrogen and oxygen atoms in total. The van der Waals surface area contributed by atoms with E-state index in [1.807, 2.05) is 60.0 Å². The van der Waals surface area contributed by atoms with Crippen LogP contribution in [0.1, 0.15) is 19.2 Å². The number of aromatic nitrogens is 5. The van der Waals surface area contributed by atoms with Gasteiger partial charge in [0.15, 0.2) is 5.65 Å². The number of nitrogens with one attached hydrogen (secondary N) is 1. The Hall–Kier alpha value is -3.42. The molecular formula is C20H22N6O2. The quantitative estimate of drug-likeness (QED) is 0.529. The normalized spacial score (nSPS) is 11.3. The molecule has 4 rings (SSSR count). The Morgan fingerprint density at radius 3 is 2.57 bits per heavy atom. The summed E-state index contributed by atoms with van der Waals surface area (Å²) in [4.78, 5) is 24.9. The molecule has 0 spiro atoms. The molecular weight excluding hydrogens is 356 g/mol. The number of amides is 1. The third-order valence-corrected chi connectivity index (χ3v) is 4.86. The average Bonchev–Trinajstić information content (AvgIpc) is 3.24. The van der Waals surface area contributed by atoms with Crippen LogP contribution in [0.2, 0.25) is 0 Å². The molecule has 0 fully saturated rings. The fraction of sp³-hybridized carbons (Fsp3) is 0.300. The number of hydrogen-bond donors (Lipinski definition) is 1. The number of carbonyl (C=O) groups is 1. The van der Waals surface area contributed by atoms with Gasteiger partial charge in [-0.25, -0.2) is 4.79 Å². The van der Waals surface area contributed by atoms with Gasteiger partial charge in [-0.05, 0) is 31.2 Å². The molecule has 0 aliphatic heterocycles. The first kappa shape index (κ1) is 18.0. The minimum Gasteiger partial charge on any atom is -0.356 e.